The lowest BCUT2D eigenvalue weighted by Gasteiger charge is -2.33. The molecule has 0 unspecified atom stereocenters. The van der Waals surface area contributed by atoms with Gasteiger partial charge in [0, 0.05) is 11.4 Å². The summed E-state index contributed by atoms with van der Waals surface area (Å²) >= 11 is 0. The number of piperazine rings is 1. The first-order chi connectivity index (χ1) is 13.1. The van der Waals surface area contributed by atoms with E-state index in [4.69, 9.17) is 4.74 Å². The quantitative estimate of drug-likeness (QED) is 0.821. The third-order valence-corrected chi connectivity index (χ3v) is 5.18. The maximum absolute atomic E-state index is 12.5. The normalized spacial score (nSPS) is 15.0. The number of ether oxygens (including phenoxy) is 1. The van der Waals surface area contributed by atoms with E-state index in [1.165, 1.54) is 16.2 Å². The fraction of sp³-hybridized carbons (Fsp3) is 0.409. The first-order valence-corrected chi connectivity index (χ1v) is 9.68. The lowest BCUT2D eigenvalue weighted by Crippen LogP contribution is -3.15. The maximum Gasteiger partial charge on any atom is 0.279 e. The van der Waals surface area contributed by atoms with Gasteiger partial charge in [-0.1, -0.05) is 32.0 Å². The molecule has 5 heteroatoms. The third kappa shape index (κ3) is 5.01. The lowest BCUT2D eigenvalue weighted by molar-refractivity contribution is -0.892. The molecule has 144 valence electrons. The van der Waals surface area contributed by atoms with E-state index in [1.807, 2.05) is 30.3 Å². The summed E-state index contributed by atoms with van der Waals surface area (Å²) in [5.74, 6) is 1.36. The Morgan fingerprint density at radius 1 is 1.11 bits per heavy atom. The molecule has 0 saturated carbocycles. The first-order valence-electron chi connectivity index (χ1n) is 9.68. The van der Waals surface area contributed by atoms with Crippen molar-refractivity contribution in [2.24, 2.45) is 0 Å². The Morgan fingerprint density at radius 2 is 1.78 bits per heavy atom. The van der Waals surface area contributed by atoms with Crippen LogP contribution in [0, 0.1) is 0 Å². The van der Waals surface area contributed by atoms with E-state index in [0.717, 1.165) is 37.6 Å². The number of amides is 1. The molecule has 0 aromatic heterocycles. The minimum absolute atomic E-state index is 0.0935. The van der Waals surface area contributed by atoms with Gasteiger partial charge in [0.05, 0.1) is 33.3 Å². The average Bonchev–Trinajstić information content (AvgIpc) is 2.69. The van der Waals surface area contributed by atoms with Gasteiger partial charge in [0.2, 0.25) is 0 Å². The lowest BCUT2D eigenvalue weighted by atomic mass is 10.0. The van der Waals surface area contributed by atoms with Crippen molar-refractivity contribution in [2.45, 2.75) is 19.8 Å². The van der Waals surface area contributed by atoms with Crippen LogP contribution in [0.3, 0.4) is 0 Å². The number of hydrogen-bond acceptors (Lipinski definition) is 3. The van der Waals surface area contributed by atoms with Crippen LogP contribution < -0.4 is 19.9 Å². The van der Waals surface area contributed by atoms with Crippen molar-refractivity contribution in [3.8, 4) is 5.75 Å². The van der Waals surface area contributed by atoms with Crippen LogP contribution in [0.4, 0.5) is 11.4 Å². The fourth-order valence-corrected chi connectivity index (χ4v) is 3.59. The van der Waals surface area contributed by atoms with Crippen LogP contribution >= 0.6 is 0 Å². The molecule has 2 aromatic carbocycles. The maximum atomic E-state index is 12.5. The van der Waals surface area contributed by atoms with Gasteiger partial charge in [-0.15, -0.1) is 0 Å². The highest BCUT2D eigenvalue weighted by molar-refractivity contribution is 5.92. The van der Waals surface area contributed by atoms with Crippen LogP contribution in [0.2, 0.25) is 0 Å². The predicted molar refractivity (Wildman–Crippen MR) is 110 cm³/mol. The number of carbonyl (C=O) groups is 1. The Kier molecular flexibility index (Phi) is 6.35. The molecule has 0 atom stereocenters. The molecule has 27 heavy (non-hydrogen) atoms. The molecule has 0 radical (unpaired) electrons. The zero-order valence-corrected chi connectivity index (χ0v) is 16.5. The SMILES string of the molecule is COc1ccc(N2CC[NH+](CC(=O)Nc3ccccc3C(C)C)CC2)cc1. The first kappa shape index (κ1) is 19.2. The van der Waals surface area contributed by atoms with E-state index in [9.17, 15) is 4.79 Å². The van der Waals surface area contributed by atoms with Crippen molar-refractivity contribution in [3.63, 3.8) is 0 Å². The molecule has 1 fully saturated rings. The summed E-state index contributed by atoms with van der Waals surface area (Å²) < 4.78 is 5.22. The minimum atomic E-state index is 0.0935. The predicted octanol–water partition coefficient (Wildman–Crippen LogP) is 2.16. The van der Waals surface area contributed by atoms with E-state index in [-0.39, 0.29) is 5.91 Å². The van der Waals surface area contributed by atoms with Crippen molar-refractivity contribution in [3.05, 3.63) is 54.1 Å². The van der Waals surface area contributed by atoms with E-state index in [0.29, 0.717) is 12.5 Å². The van der Waals surface area contributed by atoms with E-state index < -0.39 is 0 Å². The van der Waals surface area contributed by atoms with Crippen molar-refractivity contribution >= 4 is 17.3 Å². The standard InChI is InChI=1S/C22H29N3O2/c1-17(2)20-6-4-5-7-21(20)23-22(26)16-24-12-14-25(15-13-24)18-8-10-19(27-3)11-9-18/h4-11,17H,12-16H2,1-3H3,(H,23,26)/p+1. The number of para-hydroxylation sites is 1. The number of quaternary nitrogens is 1. The molecule has 1 amide bonds. The van der Waals surface area contributed by atoms with Crippen molar-refractivity contribution < 1.29 is 14.4 Å². The molecular formula is C22H30N3O2+. The molecule has 2 N–H and O–H groups in total. The largest absolute Gasteiger partial charge is 0.497 e. The Hall–Kier alpha value is -2.53. The minimum Gasteiger partial charge on any atom is -0.497 e. The van der Waals surface area contributed by atoms with E-state index in [2.05, 4.69) is 42.3 Å². The molecule has 1 aliphatic heterocycles. The molecule has 5 nitrogen and oxygen atoms in total. The number of benzene rings is 2. The van der Waals surface area contributed by atoms with Crippen LogP contribution in [0.25, 0.3) is 0 Å². The second-order valence-corrected chi connectivity index (χ2v) is 7.40. The molecule has 1 saturated heterocycles. The molecule has 0 bridgehead atoms. The van der Waals surface area contributed by atoms with Crippen molar-refractivity contribution in [1.29, 1.82) is 0 Å². The summed E-state index contributed by atoms with van der Waals surface area (Å²) in [4.78, 5) is 16.2. The highest BCUT2D eigenvalue weighted by Crippen LogP contribution is 2.23. The summed E-state index contributed by atoms with van der Waals surface area (Å²) in [6, 6.07) is 16.3. The molecule has 1 aliphatic rings. The number of nitrogens with zero attached hydrogens (tertiary/aromatic N) is 1. The number of methoxy groups -OCH3 is 1. The van der Waals surface area contributed by atoms with Crippen LogP contribution in [0.15, 0.2) is 48.5 Å². The Labute approximate surface area is 161 Å². The zero-order chi connectivity index (χ0) is 19.2. The monoisotopic (exact) mass is 368 g/mol. The Balaban J connectivity index is 1.51. The zero-order valence-electron chi connectivity index (χ0n) is 16.5. The summed E-state index contributed by atoms with van der Waals surface area (Å²) in [6.45, 7) is 8.65. The van der Waals surface area contributed by atoms with Crippen LogP contribution in [-0.4, -0.2) is 45.7 Å². The van der Waals surface area contributed by atoms with Gasteiger partial charge in [0.25, 0.3) is 5.91 Å². The molecular weight excluding hydrogens is 338 g/mol. The highest BCUT2D eigenvalue weighted by atomic mass is 16.5. The van der Waals surface area contributed by atoms with Gasteiger partial charge in [0.15, 0.2) is 6.54 Å². The molecule has 0 aliphatic carbocycles. The summed E-state index contributed by atoms with van der Waals surface area (Å²) in [7, 11) is 1.68. The fourth-order valence-electron chi connectivity index (χ4n) is 3.59. The van der Waals surface area contributed by atoms with Crippen LogP contribution in [0.5, 0.6) is 5.75 Å². The van der Waals surface area contributed by atoms with Gasteiger partial charge in [-0.2, -0.15) is 0 Å². The highest BCUT2D eigenvalue weighted by Gasteiger charge is 2.22. The third-order valence-electron chi connectivity index (χ3n) is 5.18. The number of hydrogen-bond donors (Lipinski definition) is 2. The average molecular weight is 369 g/mol. The van der Waals surface area contributed by atoms with Crippen LogP contribution in [-0.2, 0) is 4.79 Å². The van der Waals surface area contributed by atoms with Gasteiger partial charge in [-0.3, -0.25) is 4.79 Å². The van der Waals surface area contributed by atoms with Crippen molar-refractivity contribution in [1.82, 2.24) is 0 Å². The molecule has 2 aromatic rings. The van der Waals surface area contributed by atoms with Gasteiger partial charge >= 0.3 is 0 Å². The number of carbonyl (C=O) groups excluding carboxylic acids is 1. The van der Waals surface area contributed by atoms with Gasteiger partial charge in [-0.25, -0.2) is 0 Å². The van der Waals surface area contributed by atoms with E-state index >= 15 is 0 Å². The van der Waals surface area contributed by atoms with Gasteiger partial charge < -0.3 is 19.9 Å². The molecule has 3 rings (SSSR count). The summed E-state index contributed by atoms with van der Waals surface area (Å²) in [5, 5.41) is 3.11. The van der Waals surface area contributed by atoms with Gasteiger partial charge in [0.1, 0.15) is 5.75 Å². The number of rotatable bonds is 6. The second-order valence-electron chi connectivity index (χ2n) is 7.40. The van der Waals surface area contributed by atoms with E-state index in [1.54, 1.807) is 7.11 Å². The molecule has 1 heterocycles. The number of nitrogens with one attached hydrogen (secondary N) is 2. The Bertz CT molecular complexity index is 750. The number of anilines is 2. The Morgan fingerprint density at radius 3 is 2.41 bits per heavy atom. The summed E-state index contributed by atoms with van der Waals surface area (Å²) in [6.07, 6.45) is 0. The molecule has 0 spiro atoms. The smallest absolute Gasteiger partial charge is 0.279 e. The van der Waals surface area contributed by atoms with Crippen LogP contribution in [0.1, 0.15) is 25.3 Å². The van der Waals surface area contributed by atoms with Crippen molar-refractivity contribution in [2.75, 3.05) is 50.1 Å². The second kappa shape index (κ2) is 8.91. The van der Waals surface area contributed by atoms with Gasteiger partial charge in [-0.05, 0) is 41.8 Å². The topological polar surface area (TPSA) is 46.0 Å². The summed E-state index contributed by atoms with van der Waals surface area (Å²) in [5.41, 5.74) is 3.34.